The molecule has 2 aliphatic carbocycles. The first-order chi connectivity index (χ1) is 20.4. The number of para-hydroxylation sites is 1. The number of nitrogens with one attached hydrogen (secondary N) is 2. The molecule has 3 aliphatic rings. The summed E-state index contributed by atoms with van der Waals surface area (Å²) in [7, 11) is 0. The highest BCUT2D eigenvalue weighted by molar-refractivity contribution is 6.16. The highest BCUT2D eigenvalue weighted by Gasteiger charge is 2.56. The first kappa shape index (κ1) is 26.4. The van der Waals surface area contributed by atoms with E-state index in [1.807, 2.05) is 24.3 Å². The van der Waals surface area contributed by atoms with Gasteiger partial charge in [-0.25, -0.2) is 4.39 Å². The quantitative estimate of drug-likeness (QED) is 0.221. The number of nitrogens with zero attached hydrogens (tertiary/aromatic N) is 1. The van der Waals surface area contributed by atoms with E-state index in [9.17, 15) is 9.59 Å². The highest BCUT2D eigenvalue weighted by atomic mass is 19.1. The fraction of sp³-hybridized carbons (Fsp3) is 0.303. The summed E-state index contributed by atoms with van der Waals surface area (Å²) in [4.78, 5) is 30.2. The molecule has 9 heteroatoms. The van der Waals surface area contributed by atoms with E-state index in [-0.39, 0.29) is 29.0 Å². The fourth-order valence-electron chi connectivity index (χ4n) is 5.47. The van der Waals surface area contributed by atoms with E-state index in [2.05, 4.69) is 15.6 Å². The third kappa shape index (κ3) is 5.27. The molecule has 1 saturated heterocycles. The van der Waals surface area contributed by atoms with Crippen LogP contribution in [0.4, 0.5) is 15.8 Å². The van der Waals surface area contributed by atoms with Gasteiger partial charge in [0, 0.05) is 35.1 Å². The Morgan fingerprint density at radius 3 is 2.38 bits per heavy atom. The van der Waals surface area contributed by atoms with Gasteiger partial charge in [0.1, 0.15) is 23.5 Å². The van der Waals surface area contributed by atoms with Crippen LogP contribution in [-0.2, 0) is 14.3 Å². The number of ether oxygens (including phenoxy) is 3. The number of rotatable bonds is 9. The lowest BCUT2D eigenvalue weighted by atomic mass is 10.0. The number of carbonyl (C=O) groups excluding carboxylic acids is 2. The molecule has 1 spiro atoms. The van der Waals surface area contributed by atoms with Crippen LogP contribution in [0, 0.1) is 11.2 Å². The van der Waals surface area contributed by atoms with Gasteiger partial charge in [0.15, 0.2) is 11.6 Å². The van der Waals surface area contributed by atoms with Crippen molar-refractivity contribution in [3.63, 3.8) is 0 Å². The maximum atomic E-state index is 15.1. The zero-order chi connectivity index (χ0) is 28.7. The van der Waals surface area contributed by atoms with Crippen LogP contribution in [0.2, 0.25) is 0 Å². The van der Waals surface area contributed by atoms with Crippen molar-refractivity contribution in [2.75, 3.05) is 17.2 Å². The van der Waals surface area contributed by atoms with Gasteiger partial charge in [-0.05, 0) is 81.0 Å². The number of amides is 2. The van der Waals surface area contributed by atoms with E-state index in [1.54, 1.807) is 42.6 Å². The summed E-state index contributed by atoms with van der Waals surface area (Å²) in [6.07, 6.45) is 7.00. The molecule has 1 aromatic heterocycles. The second kappa shape index (κ2) is 10.4. The summed E-state index contributed by atoms with van der Waals surface area (Å²) < 4.78 is 33.1. The molecule has 0 bridgehead atoms. The molecule has 7 rings (SSSR count). The molecule has 1 aliphatic heterocycles. The Morgan fingerprint density at radius 2 is 1.67 bits per heavy atom. The first-order valence-corrected chi connectivity index (χ1v) is 14.3. The minimum Gasteiger partial charge on any atom is -0.491 e. The van der Waals surface area contributed by atoms with Gasteiger partial charge >= 0.3 is 0 Å². The molecule has 4 aromatic rings. The van der Waals surface area contributed by atoms with Crippen LogP contribution in [0.3, 0.4) is 0 Å². The largest absolute Gasteiger partial charge is 0.491 e. The van der Waals surface area contributed by atoms with Crippen molar-refractivity contribution in [2.24, 2.45) is 5.41 Å². The van der Waals surface area contributed by atoms with Crippen LogP contribution in [0.25, 0.3) is 10.9 Å². The molecule has 214 valence electrons. The van der Waals surface area contributed by atoms with Gasteiger partial charge in [-0.2, -0.15) is 0 Å². The van der Waals surface area contributed by atoms with Gasteiger partial charge in [0.2, 0.25) is 11.8 Å². The molecule has 1 unspecified atom stereocenters. The second-order valence-corrected chi connectivity index (χ2v) is 11.4. The van der Waals surface area contributed by atoms with Crippen LogP contribution < -0.4 is 20.1 Å². The SMILES string of the molecule is O=C(Nc1ccccc1)C1(C(=O)Nc2ccc(Oc3ccnc4cc(OCC5CCC6(CC6)O5)ccc34)c(F)c2)CC1. The van der Waals surface area contributed by atoms with E-state index < -0.39 is 17.1 Å². The standard InChI is InChI=1S/C33H30FN3O5/c34-26-18-22(37-31(39)33(15-16-33)30(38)36-21-4-2-1-3-5-21)6-9-29(26)41-28-11-17-35-27-19-23(7-8-25(27)28)40-20-24-10-12-32(42-24)13-14-32/h1-9,11,17-19,24H,10,12-16,20H2,(H,36,38)(H,37,39). The summed E-state index contributed by atoms with van der Waals surface area (Å²) in [5.41, 5.74) is 0.478. The average molecular weight is 568 g/mol. The predicted molar refractivity (Wildman–Crippen MR) is 155 cm³/mol. The van der Waals surface area contributed by atoms with Crippen molar-refractivity contribution in [3.05, 3.63) is 84.8 Å². The number of pyridine rings is 1. The molecule has 3 aromatic carbocycles. The number of benzene rings is 3. The lowest BCUT2D eigenvalue weighted by molar-refractivity contribution is -0.131. The number of aromatic nitrogens is 1. The minimum atomic E-state index is -1.16. The molecule has 2 saturated carbocycles. The first-order valence-electron chi connectivity index (χ1n) is 14.3. The number of hydrogen-bond acceptors (Lipinski definition) is 6. The zero-order valence-corrected chi connectivity index (χ0v) is 22.9. The Labute approximate surface area is 242 Å². The summed E-state index contributed by atoms with van der Waals surface area (Å²) in [6, 6.07) is 20.3. The van der Waals surface area contributed by atoms with Gasteiger partial charge in [-0.1, -0.05) is 18.2 Å². The molecular formula is C33H30FN3O5. The Kier molecular flexibility index (Phi) is 6.54. The Morgan fingerprint density at radius 1 is 0.881 bits per heavy atom. The molecular weight excluding hydrogens is 537 g/mol. The van der Waals surface area contributed by atoms with Crippen LogP contribution in [0.1, 0.15) is 38.5 Å². The van der Waals surface area contributed by atoms with E-state index in [1.165, 1.54) is 12.1 Å². The maximum absolute atomic E-state index is 15.1. The number of fused-ring (bicyclic) bond motifs is 1. The Balaban J connectivity index is 0.998. The van der Waals surface area contributed by atoms with Crippen molar-refractivity contribution >= 4 is 34.1 Å². The molecule has 8 nitrogen and oxygen atoms in total. The average Bonchev–Trinajstić information content (AvgIpc) is 3.91. The van der Waals surface area contributed by atoms with Crippen molar-refractivity contribution in [3.8, 4) is 17.2 Å². The van der Waals surface area contributed by atoms with Crippen molar-refractivity contribution in [1.29, 1.82) is 0 Å². The number of carbonyl (C=O) groups is 2. The van der Waals surface area contributed by atoms with E-state index in [0.717, 1.165) is 25.7 Å². The highest BCUT2D eigenvalue weighted by Crippen LogP contribution is 2.50. The second-order valence-electron chi connectivity index (χ2n) is 11.4. The van der Waals surface area contributed by atoms with Crippen molar-refractivity contribution in [1.82, 2.24) is 4.98 Å². The summed E-state index contributed by atoms with van der Waals surface area (Å²) in [5.74, 6) is -0.370. The van der Waals surface area contributed by atoms with Gasteiger partial charge in [0.05, 0.1) is 17.2 Å². The van der Waals surface area contributed by atoms with Gasteiger partial charge < -0.3 is 24.8 Å². The molecule has 0 radical (unpaired) electrons. The topological polar surface area (TPSA) is 98.8 Å². The van der Waals surface area contributed by atoms with E-state index in [0.29, 0.717) is 47.5 Å². The third-order valence-corrected chi connectivity index (χ3v) is 8.32. The third-order valence-electron chi connectivity index (χ3n) is 8.32. The molecule has 1 atom stereocenters. The number of hydrogen-bond donors (Lipinski definition) is 2. The Bertz CT molecular complexity index is 1670. The monoisotopic (exact) mass is 567 g/mol. The van der Waals surface area contributed by atoms with Crippen molar-refractivity contribution in [2.45, 2.75) is 50.2 Å². The van der Waals surface area contributed by atoms with Gasteiger partial charge in [-0.3, -0.25) is 14.6 Å². The van der Waals surface area contributed by atoms with Crippen LogP contribution in [0.15, 0.2) is 79.0 Å². The lowest BCUT2D eigenvalue weighted by Crippen LogP contribution is -2.35. The molecule has 3 fully saturated rings. The lowest BCUT2D eigenvalue weighted by Gasteiger charge is -2.16. The smallest absolute Gasteiger partial charge is 0.240 e. The van der Waals surface area contributed by atoms with Gasteiger partial charge in [0.25, 0.3) is 0 Å². The summed E-state index contributed by atoms with van der Waals surface area (Å²) in [6.45, 7) is 0.496. The summed E-state index contributed by atoms with van der Waals surface area (Å²) in [5, 5.41) is 6.19. The minimum absolute atomic E-state index is 0.00355. The number of halogens is 1. The zero-order valence-electron chi connectivity index (χ0n) is 22.9. The molecule has 2 N–H and O–H groups in total. The Hall–Kier alpha value is -4.50. The summed E-state index contributed by atoms with van der Waals surface area (Å²) >= 11 is 0. The number of anilines is 2. The van der Waals surface area contributed by atoms with Crippen LogP contribution in [-0.4, -0.2) is 35.1 Å². The molecule has 2 heterocycles. The fourth-order valence-corrected chi connectivity index (χ4v) is 5.47. The maximum Gasteiger partial charge on any atom is 0.240 e. The van der Waals surface area contributed by atoms with E-state index >= 15 is 4.39 Å². The van der Waals surface area contributed by atoms with Crippen LogP contribution in [0.5, 0.6) is 17.2 Å². The van der Waals surface area contributed by atoms with Gasteiger partial charge in [-0.15, -0.1) is 0 Å². The van der Waals surface area contributed by atoms with E-state index in [4.69, 9.17) is 14.2 Å². The van der Waals surface area contributed by atoms with Crippen LogP contribution >= 0.6 is 0 Å². The van der Waals surface area contributed by atoms with Crippen molar-refractivity contribution < 1.29 is 28.2 Å². The molecule has 42 heavy (non-hydrogen) atoms. The predicted octanol–water partition coefficient (Wildman–Crippen LogP) is 6.61. The molecule has 2 amide bonds. The normalized spacial score (nSPS) is 19.3.